The van der Waals surface area contributed by atoms with Crippen molar-refractivity contribution < 1.29 is 19.1 Å². The van der Waals surface area contributed by atoms with Gasteiger partial charge in [-0.15, -0.1) is 0 Å². The molecule has 18 heavy (non-hydrogen) atoms. The summed E-state index contributed by atoms with van der Waals surface area (Å²) >= 11 is 0. The number of esters is 1. The van der Waals surface area contributed by atoms with Crippen molar-refractivity contribution in [3.8, 4) is 0 Å². The number of amides is 4. The van der Waals surface area contributed by atoms with Crippen LogP contribution in [-0.2, 0) is 9.53 Å². The van der Waals surface area contributed by atoms with Crippen LogP contribution >= 0.6 is 0 Å². The van der Waals surface area contributed by atoms with Gasteiger partial charge in [0.25, 0.3) is 0 Å². The van der Waals surface area contributed by atoms with E-state index in [0.29, 0.717) is 0 Å². The highest BCUT2D eigenvalue weighted by Crippen LogP contribution is 2.23. The number of methoxy groups -OCH3 is 1. The summed E-state index contributed by atoms with van der Waals surface area (Å²) in [5.41, 5.74) is -0.979. The van der Waals surface area contributed by atoms with Crippen LogP contribution in [0.3, 0.4) is 0 Å². The zero-order chi connectivity index (χ0) is 13.9. The van der Waals surface area contributed by atoms with E-state index in [1.165, 1.54) is 32.3 Å². The SMILES string of the molecule is COC(=O)C1(C)C=NN(C(=O)NC(=O)N(C)C)C1. The molecule has 0 fully saturated rings. The maximum absolute atomic E-state index is 11.7. The number of carbonyl (C=O) groups excluding carboxylic acids is 3. The molecule has 0 aromatic rings. The Kier molecular flexibility index (Phi) is 3.89. The molecule has 1 atom stereocenters. The third-order valence-corrected chi connectivity index (χ3v) is 2.47. The second-order valence-electron chi connectivity index (χ2n) is 4.34. The maximum atomic E-state index is 11.7. The van der Waals surface area contributed by atoms with Crippen LogP contribution in [0.4, 0.5) is 9.59 Å². The molecule has 1 aliphatic rings. The summed E-state index contributed by atoms with van der Waals surface area (Å²) in [5.74, 6) is -0.486. The van der Waals surface area contributed by atoms with Crippen molar-refractivity contribution >= 4 is 24.2 Å². The van der Waals surface area contributed by atoms with E-state index in [-0.39, 0.29) is 6.54 Å². The summed E-state index contributed by atoms with van der Waals surface area (Å²) in [6.45, 7) is 1.63. The quantitative estimate of drug-likeness (QED) is 0.661. The van der Waals surface area contributed by atoms with Gasteiger partial charge in [0.05, 0.1) is 13.7 Å². The minimum atomic E-state index is -0.979. The number of nitrogens with zero attached hydrogens (tertiary/aromatic N) is 3. The molecule has 1 heterocycles. The maximum Gasteiger partial charge on any atom is 0.345 e. The van der Waals surface area contributed by atoms with Gasteiger partial charge in [0.15, 0.2) is 0 Å². The zero-order valence-electron chi connectivity index (χ0n) is 10.8. The predicted molar refractivity (Wildman–Crippen MR) is 62.9 cm³/mol. The summed E-state index contributed by atoms with van der Waals surface area (Å²) in [4.78, 5) is 35.7. The fourth-order valence-corrected chi connectivity index (χ4v) is 1.33. The van der Waals surface area contributed by atoms with E-state index in [0.717, 1.165) is 5.01 Å². The van der Waals surface area contributed by atoms with Gasteiger partial charge in [0, 0.05) is 20.3 Å². The Morgan fingerprint density at radius 3 is 2.56 bits per heavy atom. The highest BCUT2D eigenvalue weighted by atomic mass is 16.5. The molecular formula is C10H16N4O4. The van der Waals surface area contributed by atoms with Crippen LogP contribution in [0.15, 0.2) is 5.10 Å². The van der Waals surface area contributed by atoms with E-state index in [1.54, 1.807) is 6.92 Å². The van der Waals surface area contributed by atoms with Gasteiger partial charge in [0.2, 0.25) is 0 Å². The average Bonchev–Trinajstić information content (AvgIpc) is 2.72. The van der Waals surface area contributed by atoms with Gasteiger partial charge >= 0.3 is 18.0 Å². The molecule has 8 nitrogen and oxygen atoms in total. The van der Waals surface area contributed by atoms with Gasteiger partial charge in [-0.3, -0.25) is 10.1 Å². The minimum absolute atomic E-state index is 0.0339. The molecule has 8 heteroatoms. The third-order valence-electron chi connectivity index (χ3n) is 2.47. The molecule has 0 aromatic carbocycles. The topological polar surface area (TPSA) is 91.3 Å². The van der Waals surface area contributed by atoms with Gasteiger partial charge in [-0.2, -0.15) is 5.10 Å². The fraction of sp³-hybridized carbons (Fsp3) is 0.600. The summed E-state index contributed by atoms with van der Waals surface area (Å²) in [6.07, 6.45) is 1.33. The Morgan fingerprint density at radius 2 is 2.06 bits per heavy atom. The van der Waals surface area contributed by atoms with Gasteiger partial charge in [-0.25, -0.2) is 14.6 Å². The van der Waals surface area contributed by atoms with Crippen molar-refractivity contribution in [2.45, 2.75) is 6.92 Å². The largest absolute Gasteiger partial charge is 0.468 e. The first-order valence-corrected chi connectivity index (χ1v) is 5.23. The van der Waals surface area contributed by atoms with E-state index in [1.807, 2.05) is 0 Å². The minimum Gasteiger partial charge on any atom is -0.468 e. The normalized spacial score (nSPS) is 21.7. The number of hydrogen-bond acceptors (Lipinski definition) is 5. The molecule has 0 saturated carbocycles. The van der Waals surface area contributed by atoms with E-state index >= 15 is 0 Å². The van der Waals surface area contributed by atoms with Gasteiger partial charge in [-0.05, 0) is 6.92 Å². The molecule has 1 rings (SSSR count). The summed E-state index contributed by atoms with van der Waals surface area (Å²) in [7, 11) is 4.28. The number of imide groups is 1. The van der Waals surface area contributed by atoms with Crippen LogP contribution in [0.2, 0.25) is 0 Å². The Bertz CT molecular complexity index is 407. The molecule has 4 amide bonds. The molecule has 100 valence electrons. The van der Waals surface area contributed by atoms with Crippen molar-refractivity contribution in [3.63, 3.8) is 0 Å². The molecular weight excluding hydrogens is 240 g/mol. The molecule has 0 radical (unpaired) electrons. The van der Waals surface area contributed by atoms with E-state index in [4.69, 9.17) is 0 Å². The van der Waals surface area contributed by atoms with Gasteiger partial charge < -0.3 is 9.64 Å². The molecule has 1 aliphatic heterocycles. The lowest BCUT2D eigenvalue weighted by Crippen LogP contribution is -2.46. The van der Waals surface area contributed by atoms with Gasteiger partial charge in [0.1, 0.15) is 5.41 Å². The first-order chi connectivity index (χ1) is 8.30. The van der Waals surface area contributed by atoms with E-state index in [9.17, 15) is 14.4 Å². The first kappa shape index (κ1) is 13.9. The van der Waals surface area contributed by atoms with Gasteiger partial charge in [-0.1, -0.05) is 0 Å². The number of ether oxygens (including phenoxy) is 1. The molecule has 0 bridgehead atoms. The number of carbonyl (C=O) groups is 3. The molecule has 0 saturated heterocycles. The van der Waals surface area contributed by atoms with Crippen molar-refractivity contribution in [2.24, 2.45) is 10.5 Å². The first-order valence-electron chi connectivity index (χ1n) is 5.23. The highest BCUT2D eigenvalue weighted by molar-refractivity contribution is 5.99. The van der Waals surface area contributed by atoms with E-state index in [2.05, 4.69) is 15.2 Å². The van der Waals surface area contributed by atoms with Crippen LogP contribution in [-0.4, -0.2) is 61.9 Å². The van der Waals surface area contributed by atoms with Crippen molar-refractivity contribution in [3.05, 3.63) is 0 Å². The lowest BCUT2D eigenvalue weighted by Gasteiger charge is -2.20. The van der Waals surface area contributed by atoms with Crippen molar-refractivity contribution in [1.29, 1.82) is 0 Å². The number of nitrogens with one attached hydrogen (secondary N) is 1. The molecule has 0 aliphatic carbocycles. The molecule has 1 N–H and O–H groups in total. The van der Waals surface area contributed by atoms with E-state index < -0.39 is 23.4 Å². The summed E-state index contributed by atoms with van der Waals surface area (Å²) in [6, 6.07) is -1.24. The summed E-state index contributed by atoms with van der Waals surface area (Å²) < 4.78 is 4.62. The van der Waals surface area contributed by atoms with Crippen LogP contribution < -0.4 is 5.32 Å². The van der Waals surface area contributed by atoms with Crippen LogP contribution in [0, 0.1) is 5.41 Å². The number of hydrogen-bond donors (Lipinski definition) is 1. The second kappa shape index (κ2) is 5.03. The number of urea groups is 2. The lowest BCUT2D eigenvalue weighted by molar-refractivity contribution is -0.147. The summed E-state index contributed by atoms with van der Waals surface area (Å²) in [5, 5.41) is 6.93. The monoisotopic (exact) mass is 256 g/mol. The van der Waals surface area contributed by atoms with Crippen molar-refractivity contribution in [1.82, 2.24) is 15.2 Å². The Hall–Kier alpha value is -2.12. The number of hydrazone groups is 1. The third kappa shape index (κ3) is 2.76. The smallest absolute Gasteiger partial charge is 0.345 e. The lowest BCUT2D eigenvalue weighted by atomic mass is 9.93. The Labute approximate surface area is 105 Å². The highest BCUT2D eigenvalue weighted by Gasteiger charge is 2.41. The fourth-order valence-electron chi connectivity index (χ4n) is 1.33. The molecule has 0 spiro atoms. The Balaban J connectivity index is 2.63. The van der Waals surface area contributed by atoms with Crippen LogP contribution in [0.5, 0.6) is 0 Å². The predicted octanol–water partition coefficient (Wildman–Crippen LogP) is -0.142. The van der Waals surface area contributed by atoms with Crippen molar-refractivity contribution in [2.75, 3.05) is 27.7 Å². The standard InChI is InChI=1S/C10H16N4O4/c1-10(7(15)18-4)5-11-14(6-10)9(17)12-8(16)13(2)3/h5H,6H2,1-4H3,(H,12,16,17). The zero-order valence-corrected chi connectivity index (χ0v) is 10.8. The van der Waals surface area contributed by atoms with Crippen LogP contribution in [0.25, 0.3) is 0 Å². The average molecular weight is 256 g/mol. The number of rotatable bonds is 1. The second-order valence-corrected chi connectivity index (χ2v) is 4.34. The van der Waals surface area contributed by atoms with Crippen LogP contribution in [0.1, 0.15) is 6.92 Å². The Morgan fingerprint density at radius 1 is 1.44 bits per heavy atom. The molecule has 1 unspecified atom stereocenters. The molecule has 0 aromatic heterocycles.